The number of rotatable bonds is 4. The summed E-state index contributed by atoms with van der Waals surface area (Å²) in [5.74, 6) is 1.20. The van der Waals surface area contributed by atoms with Crippen molar-refractivity contribution in [3.05, 3.63) is 59.0 Å². The maximum atomic E-state index is 12.7. The maximum absolute atomic E-state index is 12.7. The van der Waals surface area contributed by atoms with E-state index in [1.165, 1.54) is 6.92 Å². The number of furan rings is 1. The molecule has 2 aliphatic rings. The Hall–Kier alpha value is -2.60. The van der Waals surface area contributed by atoms with Crippen molar-refractivity contribution in [2.24, 2.45) is 0 Å². The Morgan fingerprint density at radius 2 is 2.04 bits per heavy atom. The maximum Gasteiger partial charge on any atom is 0.303 e. The third-order valence-electron chi connectivity index (χ3n) is 5.46. The second-order valence-electron chi connectivity index (χ2n) is 7.50. The van der Waals surface area contributed by atoms with Crippen LogP contribution in [0.4, 0.5) is 0 Å². The second-order valence-corrected chi connectivity index (χ2v) is 7.50. The van der Waals surface area contributed by atoms with Crippen molar-refractivity contribution in [2.45, 2.75) is 44.9 Å². The highest BCUT2D eigenvalue weighted by molar-refractivity contribution is 5.96. The highest BCUT2D eigenvalue weighted by Gasteiger charge is 2.41. The molecule has 1 saturated heterocycles. The van der Waals surface area contributed by atoms with Crippen molar-refractivity contribution in [2.75, 3.05) is 13.1 Å². The normalized spacial score (nSPS) is 22.3. The topological polar surface area (TPSA) is 71.8 Å². The molecule has 6 heteroatoms. The lowest BCUT2D eigenvalue weighted by Crippen LogP contribution is -2.49. The standard InChI is InChI=1S/C21H24N2O4/c1-15(24)26-13-18-7-6-17(27-18)12-23-11-10-21(14-23)9-8-16-4-2-3-5-19(16)20(25)22-21/h2-7H,8-14H2,1H3,(H,22,25)/t21-/m0/s1. The predicted molar refractivity (Wildman–Crippen MR) is 99.0 cm³/mol. The van der Waals surface area contributed by atoms with Crippen molar-refractivity contribution >= 4 is 11.9 Å². The zero-order valence-electron chi connectivity index (χ0n) is 15.5. The molecule has 0 bridgehead atoms. The summed E-state index contributed by atoms with van der Waals surface area (Å²) in [6, 6.07) is 11.6. The highest BCUT2D eigenvalue weighted by Crippen LogP contribution is 2.31. The van der Waals surface area contributed by atoms with E-state index in [4.69, 9.17) is 9.15 Å². The SMILES string of the molecule is CC(=O)OCc1ccc(CN2CC[C@@]3(CCc4ccccc4C(=O)N3)C2)o1. The fourth-order valence-corrected chi connectivity index (χ4v) is 4.08. The first-order valence-electron chi connectivity index (χ1n) is 9.37. The van der Waals surface area contributed by atoms with E-state index < -0.39 is 0 Å². The quantitative estimate of drug-likeness (QED) is 0.840. The Labute approximate surface area is 158 Å². The number of carbonyl (C=O) groups is 2. The average Bonchev–Trinajstić information content (AvgIpc) is 3.22. The first-order valence-corrected chi connectivity index (χ1v) is 9.37. The number of fused-ring (bicyclic) bond motifs is 1. The van der Waals surface area contributed by atoms with Crippen molar-refractivity contribution in [3.63, 3.8) is 0 Å². The zero-order valence-corrected chi connectivity index (χ0v) is 15.5. The van der Waals surface area contributed by atoms with Crippen molar-refractivity contribution in [1.82, 2.24) is 10.2 Å². The first-order chi connectivity index (χ1) is 13.0. The summed E-state index contributed by atoms with van der Waals surface area (Å²) in [4.78, 5) is 25.9. The molecule has 6 nitrogen and oxygen atoms in total. The van der Waals surface area contributed by atoms with Crippen LogP contribution in [0.15, 0.2) is 40.8 Å². The highest BCUT2D eigenvalue weighted by atomic mass is 16.5. The molecule has 1 aromatic heterocycles. The van der Waals surface area contributed by atoms with Crippen molar-refractivity contribution in [1.29, 1.82) is 0 Å². The molecule has 0 unspecified atom stereocenters. The Morgan fingerprint density at radius 3 is 2.89 bits per heavy atom. The van der Waals surface area contributed by atoms with Gasteiger partial charge in [-0.1, -0.05) is 18.2 Å². The van der Waals surface area contributed by atoms with Gasteiger partial charge >= 0.3 is 5.97 Å². The van der Waals surface area contributed by atoms with Gasteiger partial charge in [0.2, 0.25) is 0 Å². The van der Waals surface area contributed by atoms with Crippen LogP contribution in [-0.2, 0) is 29.1 Å². The zero-order chi connectivity index (χ0) is 18.9. The van der Waals surface area contributed by atoms with Crippen LogP contribution in [0.25, 0.3) is 0 Å². The molecular weight excluding hydrogens is 344 g/mol. The van der Waals surface area contributed by atoms with E-state index in [2.05, 4.69) is 10.2 Å². The van der Waals surface area contributed by atoms with Crippen LogP contribution in [-0.4, -0.2) is 35.4 Å². The van der Waals surface area contributed by atoms with Gasteiger partial charge in [-0.2, -0.15) is 0 Å². The molecule has 1 spiro atoms. The van der Waals surface area contributed by atoms with E-state index in [-0.39, 0.29) is 24.0 Å². The van der Waals surface area contributed by atoms with Crippen LogP contribution in [0.2, 0.25) is 0 Å². The number of amides is 1. The third-order valence-corrected chi connectivity index (χ3v) is 5.46. The van der Waals surface area contributed by atoms with E-state index in [0.717, 1.165) is 49.2 Å². The summed E-state index contributed by atoms with van der Waals surface area (Å²) in [7, 11) is 0. The van der Waals surface area contributed by atoms with Gasteiger partial charge in [0, 0.05) is 25.6 Å². The summed E-state index contributed by atoms with van der Waals surface area (Å²) in [6.45, 7) is 3.95. The number of nitrogens with one attached hydrogen (secondary N) is 1. The van der Waals surface area contributed by atoms with Gasteiger partial charge in [-0.25, -0.2) is 0 Å². The average molecular weight is 368 g/mol. The van der Waals surface area contributed by atoms with Gasteiger partial charge in [-0.05, 0) is 43.0 Å². The predicted octanol–water partition coefficient (Wildman–Crippen LogP) is 2.66. The Kier molecular flexibility index (Phi) is 4.74. The van der Waals surface area contributed by atoms with Gasteiger partial charge in [0.1, 0.15) is 18.1 Å². The summed E-state index contributed by atoms with van der Waals surface area (Å²) >= 11 is 0. The van der Waals surface area contributed by atoms with Crippen LogP contribution < -0.4 is 5.32 Å². The van der Waals surface area contributed by atoms with Gasteiger partial charge in [0.25, 0.3) is 5.91 Å². The molecule has 1 fully saturated rings. The molecule has 1 aromatic carbocycles. The molecule has 1 N–H and O–H groups in total. The molecule has 1 amide bonds. The number of esters is 1. The number of carbonyl (C=O) groups excluding carboxylic acids is 2. The number of hydrogen-bond acceptors (Lipinski definition) is 5. The number of hydrogen-bond donors (Lipinski definition) is 1. The Balaban J connectivity index is 1.39. The second kappa shape index (κ2) is 7.19. The lowest BCUT2D eigenvalue weighted by atomic mass is 9.91. The van der Waals surface area contributed by atoms with E-state index in [0.29, 0.717) is 12.3 Å². The number of aryl methyl sites for hydroxylation is 1. The monoisotopic (exact) mass is 368 g/mol. The minimum atomic E-state index is -0.320. The van der Waals surface area contributed by atoms with Crippen molar-refractivity contribution < 1.29 is 18.7 Å². The summed E-state index contributed by atoms with van der Waals surface area (Å²) in [5, 5.41) is 3.30. The number of benzene rings is 1. The van der Waals surface area contributed by atoms with Crippen LogP contribution in [0, 0.1) is 0 Å². The molecule has 0 radical (unpaired) electrons. The largest absolute Gasteiger partial charge is 0.461 e. The molecule has 27 heavy (non-hydrogen) atoms. The van der Waals surface area contributed by atoms with E-state index in [9.17, 15) is 9.59 Å². The summed E-state index contributed by atoms with van der Waals surface area (Å²) in [5.41, 5.74) is 1.75. The van der Waals surface area contributed by atoms with Gasteiger partial charge in [-0.15, -0.1) is 0 Å². The minimum Gasteiger partial charge on any atom is -0.461 e. The van der Waals surface area contributed by atoms with Crippen LogP contribution in [0.5, 0.6) is 0 Å². The molecule has 0 aliphatic carbocycles. The molecule has 1 atom stereocenters. The van der Waals surface area contributed by atoms with Gasteiger partial charge in [0.05, 0.1) is 12.1 Å². The molecular formula is C21H24N2O4. The van der Waals surface area contributed by atoms with Crippen molar-refractivity contribution in [3.8, 4) is 0 Å². The van der Waals surface area contributed by atoms with Gasteiger partial charge < -0.3 is 14.5 Å². The summed E-state index contributed by atoms with van der Waals surface area (Å²) in [6.07, 6.45) is 2.80. The summed E-state index contributed by atoms with van der Waals surface area (Å²) < 4.78 is 10.7. The minimum absolute atomic E-state index is 0.0339. The molecule has 0 saturated carbocycles. The van der Waals surface area contributed by atoms with E-state index in [1.807, 2.05) is 36.4 Å². The molecule has 142 valence electrons. The van der Waals surface area contributed by atoms with Crippen LogP contribution in [0.1, 0.15) is 47.2 Å². The molecule has 2 aliphatic heterocycles. The molecule has 3 heterocycles. The van der Waals surface area contributed by atoms with E-state index in [1.54, 1.807) is 0 Å². The van der Waals surface area contributed by atoms with Crippen LogP contribution >= 0.6 is 0 Å². The van der Waals surface area contributed by atoms with Gasteiger partial charge in [-0.3, -0.25) is 14.5 Å². The first kappa shape index (κ1) is 17.8. The Bertz CT molecular complexity index is 859. The van der Waals surface area contributed by atoms with Gasteiger partial charge in [0.15, 0.2) is 0 Å². The molecule has 2 aromatic rings. The lowest BCUT2D eigenvalue weighted by Gasteiger charge is -2.29. The molecule has 4 rings (SSSR count). The Morgan fingerprint density at radius 1 is 1.22 bits per heavy atom. The fraction of sp³-hybridized carbons (Fsp3) is 0.429. The van der Waals surface area contributed by atoms with Crippen LogP contribution in [0.3, 0.4) is 0 Å². The van der Waals surface area contributed by atoms with E-state index >= 15 is 0 Å². The smallest absolute Gasteiger partial charge is 0.303 e. The fourth-order valence-electron chi connectivity index (χ4n) is 4.08. The number of nitrogens with zero attached hydrogens (tertiary/aromatic N) is 1. The lowest BCUT2D eigenvalue weighted by molar-refractivity contribution is -0.142. The number of likely N-dealkylation sites (tertiary alicyclic amines) is 1. The third kappa shape index (κ3) is 3.90. The number of ether oxygens (including phenoxy) is 1.